The van der Waals surface area contributed by atoms with Gasteiger partial charge in [0.2, 0.25) is 5.82 Å². The molecule has 21 heavy (non-hydrogen) atoms. The number of aromatic amines is 1. The van der Waals surface area contributed by atoms with Gasteiger partial charge in [0, 0.05) is 16.6 Å². The molecule has 3 N–H and O–H groups in total. The van der Waals surface area contributed by atoms with E-state index in [1.807, 2.05) is 13.8 Å². The molecule has 0 atom stereocenters. The second-order valence-corrected chi connectivity index (χ2v) is 5.12. The van der Waals surface area contributed by atoms with E-state index in [2.05, 4.69) is 20.5 Å². The number of anilines is 1. The fourth-order valence-corrected chi connectivity index (χ4v) is 1.84. The number of nitrogens with zero attached hydrogens (tertiary/aromatic N) is 2. The monoisotopic (exact) mass is 308 g/mol. The Kier molecular flexibility index (Phi) is 4.23. The first-order chi connectivity index (χ1) is 9.86. The van der Waals surface area contributed by atoms with Crippen molar-refractivity contribution in [3.05, 3.63) is 40.4 Å². The molecule has 0 aliphatic heterocycles. The zero-order valence-corrected chi connectivity index (χ0v) is 12.1. The quantitative estimate of drug-likeness (QED) is 0.804. The Balaban J connectivity index is 2.20. The topological polar surface area (TPSA) is 108 Å². The molecule has 0 spiro atoms. The third-order valence-electron chi connectivity index (χ3n) is 2.66. The number of carboxylic acids is 1. The van der Waals surface area contributed by atoms with Crippen molar-refractivity contribution in [3.63, 3.8) is 0 Å². The number of carbonyl (C=O) groups is 2. The summed E-state index contributed by atoms with van der Waals surface area (Å²) in [5.74, 6) is -0.985. The summed E-state index contributed by atoms with van der Waals surface area (Å²) < 4.78 is 0. The highest BCUT2D eigenvalue weighted by molar-refractivity contribution is 6.31. The van der Waals surface area contributed by atoms with Gasteiger partial charge in [-0.15, -0.1) is 5.10 Å². The summed E-state index contributed by atoms with van der Waals surface area (Å²) in [5, 5.41) is 18.2. The van der Waals surface area contributed by atoms with E-state index in [-0.39, 0.29) is 28.0 Å². The van der Waals surface area contributed by atoms with Crippen molar-refractivity contribution in [2.75, 3.05) is 5.32 Å². The Morgan fingerprint density at radius 3 is 2.62 bits per heavy atom. The van der Waals surface area contributed by atoms with E-state index in [0.717, 1.165) is 0 Å². The number of aromatic carboxylic acids is 1. The van der Waals surface area contributed by atoms with Crippen LogP contribution < -0.4 is 5.32 Å². The van der Waals surface area contributed by atoms with E-state index in [9.17, 15) is 9.59 Å². The number of carboxylic acid groups (broad SMARTS) is 1. The van der Waals surface area contributed by atoms with Gasteiger partial charge in [0.15, 0.2) is 0 Å². The Labute approximate surface area is 125 Å². The smallest absolute Gasteiger partial charge is 0.335 e. The highest BCUT2D eigenvalue weighted by Crippen LogP contribution is 2.19. The van der Waals surface area contributed by atoms with E-state index < -0.39 is 11.9 Å². The van der Waals surface area contributed by atoms with Gasteiger partial charge in [0.25, 0.3) is 5.91 Å². The van der Waals surface area contributed by atoms with E-state index >= 15 is 0 Å². The fraction of sp³-hybridized carbons (Fsp3) is 0.231. The number of benzene rings is 1. The van der Waals surface area contributed by atoms with Gasteiger partial charge in [0.1, 0.15) is 5.82 Å². The molecule has 0 unspecified atom stereocenters. The maximum absolute atomic E-state index is 12.0. The van der Waals surface area contributed by atoms with Crippen molar-refractivity contribution in [2.45, 2.75) is 19.8 Å². The largest absolute Gasteiger partial charge is 0.478 e. The zero-order chi connectivity index (χ0) is 15.6. The number of carbonyl (C=O) groups excluding carboxylic acids is 1. The van der Waals surface area contributed by atoms with Crippen molar-refractivity contribution in [1.29, 1.82) is 0 Å². The van der Waals surface area contributed by atoms with Gasteiger partial charge < -0.3 is 10.4 Å². The molecule has 2 rings (SSSR count). The molecule has 8 heteroatoms. The maximum atomic E-state index is 12.0. The van der Waals surface area contributed by atoms with Gasteiger partial charge in [-0.2, -0.15) is 0 Å². The Morgan fingerprint density at radius 1 is 1.33 bits per heavy atom. The van der Waals surface area contributed by atoms with Gasteiger partial charge >= 0.3 is 5.97 Å². The normalized spacial score (nSPS) is 10.7. The maximum Gasteiger partial charge on any atom is 0.335 e. The number of hydrogen-bond acceptors (Lipinski definition) is 4. The predicted octanol–water partition coefficient (Wildman–Crippen LogP) is 2.53. The minimum absolute atomic E-state index is 0.0179. The summed E-state index contributed by atoms with van der Waals surface area (Å²) in [6.45, 7) is 3.83. The second-order valence-electron chi connectivity index (χ2n) is 4.69. The molecule has 0 fully saturated rings. The Bertz CT molecular complexity index is 696. The summed E-state index contributed by atoms with van der Waals surface area (Å²) in [5.41, 5.74) is 0.247. The van der Waals surface area contributed by atoms with Gasteiger partial charge in [-0.05, 0) is 18.2 Å². The summed E-state index contributed by atoms with van der Waals surface area (Å²) in [7, 11) is 0. The number of aromatic nitrogens is 3. The highest BCUT2D eigenvalue weighted by atomic mass is 35.5. The molecule has 1 heterocycles. The van der Waals surface area contributed by atoms with Crippen LogP contribution in [0.15, 0.2) is 18.2 Å². The van der Waals surface area contributed by atoms with Crippen LogP contribution in [-0.4, -0.2) is 32.2 Å². The first kappa shape index (κ1) is 15.0. The molecule has 1 aromatic carbocycles. The lowest BCUT2D eigenvalue weighted by Crippen LogP contribution is -2.14. The van der Waals surface area contributed by atoms with Crippen LogP contribution in [0.4, 0.5) is 5.69 Å². The molecule has 0 radical (unpaired) electrons. The molecular formula is C13H13ClN4O3. The van der Waals surface area contributed by atoms with Crippen molar-refractivity contribution in [2.24, 2.45) is 0 Å². The van der Waals surface area contributed by atoms with Crippen molar-refractivity contribution >= 4 is 29.2 Å². The van der Waals surface area contributed by atoms with E-state index in [1.54, 1.807) is 0 Å². The number of rotatable bonds is 4. The third kappa shape index (κ3) is 3.57. The Morgan fingerprint density at radius 2 is 2.05 bits per heavy atom. The summed E-state index contributed by atoms with van der Waals surface area (Å²) in [4.78, 5) is 27.0. The molecule has 0 saturated carbocycles. The summed E-state index contributed by atoms with van der Waals surface area (Å²) in [6.07, 6.45) is 0. The molecule has 0 aliphatic rings. The fourth-order valence-electron chi connectivity index (χ4n) is 1.61. The van der Waals surface area contributed by atoms with Crippen LogP contribution in [-0.2, 0) is 0 Å². The second kappa shape index (κ2) is 5.92. The molecule has 2 aromatic rings. The van der Waals surface area contributed by atoms with Gasteiger partial charge in [-0.25, -0.2) is 9.78 Å². The standard InChI is InChI=1S/C13H13ClN4O3/c1-6(2)10-16-11(18-17-10)12(19)15-9-4-7(13(20)21)3-8(14)5-9/h3-6H,1-2H3,(H,15,19)(H,20,21)(H,16,17,18). The number of H-pyrrole nitrogens is 1. The molecule has 0 aliphatic carbocycles. The van der Waals surface area contributed by atoms with Crippen LogP contribution in [0.5, 0.6) is 0 Å². The van der Waals surface area contributed by atoms with Gasteiger partial charge in [-0.1, -0.05) is 25.4 Å². The average Bonchev–Trinajstić information content (AvgIpc) is 2.87. The number of nitrogens with one attached hydrogen (secondary N) is 2. The minimum Gasteiger partial charge on any atom is -0.478 e. The van der Waals surface area contributed by atoms with E-state index in [1.165, 1.54) is 18.2 Å². The van der Waals surface area contributed by atoms with Crippen molar-refractivity contribution < 1.29 is 14.7 Å². The van der Waals surface area contributed by atoms with E-state index in [0.29, 0.717) is 5.82 Å². The first-order valence-electron chi connectivity index (χ1n) is 6.14. The molecule has 7 nitrogen and oxygen atoms in total. The zero-order valence-electron chi connectivity index (χ0n) is 11.3. The third-order valence-corrected chi connectivity index (χ3v) is 2.87. The minimum atomic E-state index is -1.13. The lowest BCUT2D eigenvalue weighted by atomic mass is 10.2. The molecule has 110 valence electrons. The van der Waals surface area contributed by atoms with Crippen LogP contribution in [0, 0.1) is 0 Å². The number of amides is 1. The SMILES string of the molecule is CC(C)c1nc(C(=O)Nc2cc(Cl)cc(C(=O)O)c2)n[nH]1. The van der Waals surface area contributed by atoms with Crippen LogP contribution in [0.25, 0.3) is 0 Å². The molecule has 0 bridgehead atoms. The van der Waals surface area contributed by atoms with Crippen LogP contribution in [0.2, 0.25) is 5.02 Å². The molecular weight excluding hydrogens is 296 g/mol. The van der Waals surface area contributed by atoms with Gasteiger partial charge in [0.05, 0.1) is 5.56 Å². The van der Waals surface area contributed by atoms with Crippen LogP contribution in [0.1, 0.15) is 46.6 Å². The summed E-state index contributed by atoms with van der Waals surface area (Å²) in [6, 6.07) is 4.05. The predicted molar refractivity (Wildman–Crippen MR) is 76.8 cm³/mol. The van der Waals surface area contributed by atoms with Crippen LogP contribution in [0.3, 0.4) is 0 Å². The average molecular weight is 309 g/mol. The van der Waals surface area contributed by atoms with Crippen molar-refractivity contribution in [3.8, 4) is 0 Å². The molecule has 1 aromatic heterocycles. The number of halogens is 1. The number of hydrogen-bond donors (Lipinski definition) is 3. The first-order valence-corrected chi connectivity index (χ1v) is 6.52. The van der Waals surface area contributed by atoms with E-state index in [4.69, 9.17) is 16.7 Å². The summed E-state index contributed by atoms with van der Waals surface area (Å²) >= 11 is 5.82. The molecule has 1 amide bonds. The lowest BCUT2D eigenvalue weighted by Gasteiger charge is -2.05. The van der Waals surface area contributed by atoms with Crippen LogP contribution >= 0.6 is 11.6 Å². The molecule has 0 saturated heterocycles. The lowest BCUT2D eigenvalue weighted by molar-refractivity contribution is 0.0696. The highest BCUT2D eigenvalue weighted by Gasteiger charge is 2.15. The van der Waals surface area contributed by atoms with Crippen molar-refractivity contribution in [1.82, 2.24) is 15.2 Å². The van der Waals surface area contributed by atoms with Gasteiger partial charge in [-0.3, -0.25) is 9.89 Å². The Hall–Kier alpha value is -2.41.